The Morgan fingerprint density at radius 3 is 2.12 bits per heavy atom. The molecule has 1 saturated heterocycles. The summed E-state index contributed by atoms with van der Waals surface area (Å²) in [6, 6.07) is 8.58. The second-order valence-corrected chi connectivity index (χ2v) is 7.54. The van der Waals surface area contributed by atoms with Gasteiger partial charge in [-0.25, -0.2) is 0 Å². The minimum Gasteiger partial charge on any atom is -0.491 e. The molecule has 0 aromatic heterocycles. The summed E-state index contributed by atoms with van der Waals surface area (Å²) >= 11 is 0. The molecule has 1 aromatic carbocycles. The van der Waals surface area contributed by atoms with Crippen LogP contribution in [0.1, 0.15) is 83.1 Å². The Morgan fingerprint density at radius 2 is 1.50 bits per heavy atom. The van der Waals surface area contributed by atoms with Gasteiger partial charge in [-0.3, -0.25) is 0 Å². The smallest absolute Gasteiger partial charge is 0.119 e. The van der Waals surface area contributed by atoms with Crippen LogP contribution in [0.2, 0.25) is 0 Å². The van der Waals surface area contributed by atoms with Crippen LogP contribution in [-0.4, -0.2) is 19.3 Å². The highest BCUT2D eigenvalue weighted by Gasteiger charge is 2.22. The second kappa shape index (κ2) is 13.9. The van der Waals surface area contributed by atoms with Crippen LogP contribution >= 0.6 is 0 Å². The lowest BCUT2D eigenvalue weighted by molar-refractivity contribution is 0.263. The first-order valence-corrected chi connectivity index (χ1v) is 10.9. The molecule has 2 rings (SSSR count). The number of rotatable bonds is 16. The Balaban J connectivity index is 1.39. The molecule has 146 valence electrons. The standard InChI is InChI=1S/C24H38O2/c1-2-3-4-5-6-7-8-9-10-11-12-13-14-15-22-16-18-23(19-17-22)25-20-24-21-26-24/h8-9,16-19,24H,2-7,10-15,20-21H2,1H3/b9-8+. The van der Waals surface area contributed by atoms with E-state index in [9.17, 15) is 0 Å². The maximum atomic E-state index is 5.68. The van der Waals surface area contributed by atoms with E-state index in [2.05, 4.69) is 43.3 Å². The first kappa shape index (κ1) is 21.0. The van der Waals surface area contributed by atoms with E-state index in [-0.39, 0.29) is 0 Å². The largest absolute Gasteiger partial charge is 0.491 e. The number of allylic oxidation sites excluding steroid dienone is 2. The number of hydrogen-bond donors (Lipinski definition) is 0. The summed E-state index contributed by atoms with van der Waals surface area (Å²) in [7, 11) is 0. The maximum absolute atomic E-state index is 5.68. The van der Waals surface area contributed by atoms with Gasteiger partial charge in [-0.1, -0.05) is 69.7 Å². The summed E-state index contributed by atoms with van der Waals surface area (Å²) in [4.78, 5) is 0. The average Bonchev–Trinajstić information content (AvgIpc) is 3.49. The van der Waals surface area contributed by atoms with Gasteiger partial charge in [0.05, 0.1) is 6.61 Å². The van der Waals surface area contributed by atoms with Gasteiger partial charge < -0.3 is 9.47 Å². The molecule has 1 unspecified atom stereocenters. The molecular formula is C24H38O2. The van der Waals surface area contributed by atoms with Crippen molar-refractivity contribution in [3.05, 3.63) is 42.0 Å². The van der Waals surface area contributed by atoms with Gasteiger partial charge >= 0.3 is 0 Å². The lowest BCUT2D eigenvalue weighted by Crippen LogP contribution is -2.03. The van der Waals surface area contributed by atoms with Crippen molar-refractivity contribution in [3.8, 4) is 5.75 Å². The van der Waals surface area contributed by atoms with Crippen LogP contribution in [0.25, 0.3) is 0 Å². The first-order chi connectivity index (χ1) is 12.9. The SMILES string of the molecule is CCCCCCC/C=C/CCCCCCc1ccc(OCC2CO2)cc1. The third-order valence-electron chi connectivity index (χ3n) is 4.99. The number of hydrogen-bond acceptors (Lipinski definition) is 2. The predicted octanol–water partition coefficient (Wildman–Crippen LogP) is 6.87. The van der Waals surface area contributed by atoms with Crippen molar-refractivity contribution in [1.82, 2.24) is 0 Å². The molecule has 1 aromatic rings. The van der Waals surface area contributed by atoms with E-state index >= 15 is 0 Å². The predicted molar refractivity (Wildman–Crippen MR) is 111 cm³/mol. The molecule has 0 bridgehead atoms. The summed E-state index contributed by atoms with van der Waals surface area (Å²) in [6.45, 7) is 3.82. The Labute approximate surface area is 161 Å². The van der Waals surface area contributed by atoms with Gasteiger partial charge in [0.25, 0.3) is 0 Å². The van der Waals surface area contributed by atoms with Crippen molar-refractivity contribution in [2.24, 2.45) is 0 Å². The molecule has 0 N–H and O–H groups in total. The Bertz CT molecular complexity index is 473. The monoisotopic (exact) mass is 358 g/mol. The van der Waals surface area contributed by atoms with Crippen molar-refractivity contribution >= 4 is 0 Å². The topological polar surface area (TPSA) is 21.8 Å². The van der Waals surface area contributed by atoms with Crippen LogP contribution in [0.5, 0.6) is 5.75 Å². The van der Waals surface area contributed by atoms with Gasteiger partial charge in [0, 0.05) is 0 Å². The molecule has 0 aliphatic carbocycles. The number of ether oxygens (including phenoxy) is 2. The lowest BCUT2D eigenvalue weighted by Gasteiger charge is -2.06. The molecule has 1 aliphatic heterocycles. The molecular weight excluding hydrogens is 320 g/mol. The number of benzene rings is 1. The molecule has 1 fully saturated rings. The lowest BCUT2D eigenvalue weighted by atomic mass is 10.0. The van der Waals surface area contributed by atoms with Crippen LogP contribution in [0.15, 0.2) is 36.4 Å². The van der Waals surface area contributed by atoms with Gasteiger partial charge in [-0.05, 0) is 56.2 Å². The van der Waals surface area contributed by atoms with Crippen LogP contribution in [0, 0.1) is 0 Å². The van der Waals surface area contributed by atoms with Crippen LogP contribution in [-0.2, 0) is 11.2 Å². The first-order valence-electron chi connectivity index (χ1n) is 10.9. The molecule has 0 saturated carbocycles. The molecule has 1 aliphatic rings. The summed E-state index contributed by atoms with van der Waals surface area (Å²) in [5, 5.41) is 0. The normalized spacial score (nSPS) is 16.3. The van der Waals surface area contributed by atoms with E-state index in [0.29, 0.717) is 12.7 Å². The van der Waals surface area contributed by atoms with Crippen LogP contribution in [0.3, 0.4) is 0 Å². The minimum atomic E-state index is 0.329. The molecule has 0 spiro atoms. The summed E-state index contributed by atoms with van der Waals surface area (Å²) < 4.78 is 10.8. The second-order valence-electron chi connectivity index (χ2n) is 7.54. The number of epoxide rings is 1. The number of unbranched alkanes of at least 4 members (excludes halogenated alkanes) is 9. The zero-order chi connectivity index (χ0) is 18.3. The highest BCUT2D eigenvalue weighted by Crippen LogP contribution is 2.17. The van der Waals surface area contributed by atoms with Crippen LogP contribution in [0.4, 0.5) is 0 Å². The van der Waals surface area contributed by atoms with Gasteiger partial charge in [-0.2, -0.15) is 0 Å². The fourth-order valence-corrected chi connectivity index (χ4v) is 3.15. The van der Waals surface area contributed by atoms with E-state index in [0.717, 1.165) is 12.4 Å². The van der Waals surface area contributed by atoms with Crippen molar-refractivity contribution in [2.75, 3.05) is 13.2 Å². The number of aryl methyl sites for hydroxylation is 1. The molecule has 1 heterocycles. The molecule has 2 heteroatoms. The van der Waals surface area contributed by atoms with E-state index in [4.69, 9.17) is 9.47 Å². The van der Waals surface area contributed by atoms with E-state index < -0.39 is 0 Å². The zero-order valence-electron chi connectivity index (χ0n) is 16.8. The summed E-state index contributed by atoms with van der Waals surface area (Å²) in [6.07, 6.45) is 21.1. The third kappa shape index (κ3) is 10.7. The van der Waals surface area contributed by atoms with E-state index in [1.807, 2.05) is 0 Å². The summed E-state index contributed by atoms with van der Waals surface area (Å²) in [5.41, 5.74) is 1.42. The zero-order valence-corrected chi connectivity index (χ0v) is 16.8. The Hall–Kier alpha value is -1.28. The van der Waals surface area contributed by atoms with Crippen molar-refractivity contribution in [3.63, 3.8) is 0 Å². The van der Waals surface area contributed by atoms with Gasteiger partial charge in [-0.15, -0.1) is 0 Å². The van der Waals surface area contributed by atoms with E-state index in [1.165, 1.54) is 82.6 Å². The molecule has 1 atom stereocenters. The molecule has 2 nitrogen and oxygen atoms in total. The highest BCUT2D eigenvalue weighted by molar-refractivity contribution is 5.27. The van der Waals surface area contributed by atoms with Crippen molar-refractivity contribution < 1.29 is 9.47 Å². The third-order valence-corrected chi connectivity index (χ3v) is 4.99. The minimum absolute atomic E-state index is 0.329. The van der Waals surface area contributed by atoms with Crippen LogP contribution < -0.4 is 4.74 Å². The maximum Gasteiger partial charge on any atom is 0.119 e. The fraction of sp³-hybridized carbons (Fsp3) is 0.667. The Kier molecular flexibility index (Phi) is 11.2. The van der Waals surface area contributed by atoms with Gasteiger partial charge in [0.2, 0.25) is 0 Å². The fourth-order valence-electron chi connectivity index (χ4n) is 3.15. The molecule has 26 heavy (non-hydrogen) atoms. The average molecular weight is 359 g/mol. The van der Waals surface area contributed by atoms with E-state index in [1.54, 1.807) is 0 Å². The summed E-state index contributed by atoms with van der Waals surface area (Å²) in [5.74, 6) is 0.960. The highest BCUT2D eigenvalue weighted by atomic mass is 16.6. The molecule has 0 radical (unpaired) electrons. The molecule has 0 amide bonds. The Morgan fingerprint density at radius 1 is 0.885 bits per heavy atom. The van der Waals surface area contributed by atoms with Crippen molar-refractivity contribution in [1.29, 1.82) is 0 Å². The van der Waals surface area contributed by atoms with Crippen molar-refractivity contribution in [2.45, 2.75) is 90.1 Å². The quantitative estimate of drug-likeness (QED) is 0.183. The van der Waals surface area contributed by atoms with Gasteiger partial charge in [0.15, 0.2) is 0 Å². The van der Waals surface area contributed by atoms with Gasteiger partial charge in [0.1, 0.15) is 18.5 Å².